The van der Waals surface area contributed by atoms with Gasteiger partial charge in [-0.1, -0.05) is 13.8 Å². The second-order valence-electron chi connectivity index (χ2n) is 3.49. The molecule has 0 aliphatic carbocycles. The Kier molecular flexibility index (Phi) is 3.39. The van der Waals surface area contributed by atoms with E-state index >= 15 is 0 Å². The molecule has 0 N–H and O–H groups in total. The fourth-order valence-corrected chi connectivity index (χ4v) is 1.26. The number of carbonyl (C=O) groups is 1. The van der Waals surface area contributed by atoms with Crippen LogP contribution in [-0.4, -0.2) is 12.9 Å². The molecule has 0 aliphatic rings. The predicted octanol–water partition coefficient (Wildman–Crippen LogP) is 2.81. The van der Waals surface area contributed by atoms with Crippen molar-refractivity contribution in [3.63, 3.8) is 0 Å². The van der Waals surface area contributed by atoms with E-state index in [-0.39, 0.29) is 23.0 Å². The van der Waals surface area contributed by atoms with Gasteiger partial charge in [-0.25, -0.2) is 8.78 Å². The second kappa shape index (κ2) is 4.38. The van der Waals surface area contributed by atoms with Crippen LogP contribution in [0.15, 0.2) is 12.1 Å². The molecule has 0 bridgehead atoms. The maximum absolute atomic E-state index is 13.2. The summed E-state index contributed by atoms with van der Waals surface area (Å²) in [4.78, 5) is 11.6. The second-order valence-corrected chi connectivity index (χ2v) is 3.49. The SMILES string of the molecule is COc1c(F)cc(F)cc1C(=O)C(C)C. The topological polar surface area (TPSA) is 26.3 Å². The lowest BCUT2D eigenvalue weighted by molar-refractivity contribution is 0.0935. The Morgan fingerprint density at radius 3 is 2.40 bits per heavy atom. The van der Waals surface area contributed by atoms with E-state index in [0.29, 0.717) is 6.07 Å². The Hall–Kier alpha value is -1.45. The van der Waals surface area contributed by atoms with Crippen LogP contribution >= 0.6 is 0 Å². The van der Waals surface area contributed by atoms with Crippen molar-refractivity contribution in [1.29, 1.82) is 0 Å². The fraction of sp³-hybridized carbons (Fsp3) is 0.364. The van der Waals surface area contributed by atoms with E-state index in [1.165, 1.54) is 7.11 Å². The van der Waals surface area contributed by atoms with Crippen LogP contribution in [-0.2, 0) is 0 Å². The lowest BCUT2D eigenvalue weighted by Gasteiger charge is -2.10. The first-order chi connectivity index (χ1) is 6.97. The molecule has 0 saturated heterocycles. The van der Waals surface area contributed by atoms with Crippen LogP contribution < -0.4 is 4.74 Å². The van der Waals surface area contributed by atoms with Crippen LogP contribution in [0.5, 0.6) is 5.75 Å². The molecule has 0 spiro atoms. The van der Waals surface area contributed by atoms with E-state index in [1.54, 1.807) is 13.8 Å². The molecule has 0 amide bonds. The fourth-order valence-electron chi connectivity index (χ4n) is 1.26. The van der Waals surface area contributed by atoms with Gasteiger partial charge in [-0.3, -0.25) is 4.79 Å². The average molecular weight is 214 g/mol. The third kappa shape index (κ3) is 2.32. The molecule has 0 atom stereocenters. The van der Waals surface area contributed by atoms with Gasteiger partial charge in [-0.2, -0.15) is 0 Å². The summed E-state index contributed by atoms with van der Waals surface area (Å²) in [6, 6.07) is 1.68. The molecule has 82 valence electrons. The molecule has 15 heavy (non-hydrogen) atoms. The van der Waals surface area contributed by atoms with Crippen molar-refractivity contribution in [2.24, 2.45) is 5.92 Å². The van der Waals surface area contributed by atoms with Gasteiger partial charge >= 0.3 is 0 Å². The van der Waals surface area contributed by atoms with Gasteiger partial charge in [0, 0.05) is 12.0 Å². The summed E-state index contributed by atoms with van der Waals surface area (Å²) in [5.41, 5.74) is -0.0509. The summed E-state index contributed by atoms with van der Waals surface area (Å²) in [6.07, 6.45) is 0. The van der Waals surface area contributed by atoms with Crippen LogP contribution in [0.25, 0.3) is 0 Å². The summed E-state index contributed by atoms with van der Waals surface area (Å²) < 4.78 is 30.9. The van der Waals surface area contributed by atoms with Crippen molar-refractivity contribution in [2.45, 2.75) is 13.8 Å². The summed E-state index contributed by atoms with van der Waals surface area (Å²) in [6.45, 7) is 3.31. The molecular weight excluding hydrogens is 202 g/mol. The molecule has 0 saturated carbocycles. The van der Waals surface area contributed by atoms with Crippen molar-refractivity contribution in [1.82, 2.24) is 0 Å². The number of hydrogen-bond acceptors (Lipinski definition) is 2. The highest BCUT2D eigenvalue weighted by Gasteiger charge is 2.20. The molecule has 0 aliphatic heterocycles. The van der Waals surface area contributed by atoms with E-state index in [2.05, 4.69) is 0 Å². The lowest BCUT2D eigenvalue weighted by Crippen LogP contribution is -2.10. The molecule has 0 unspecified atom stereocenters. The van der Waals surface area contributed by atoms with Crippen molar-refractivity contribution in [3.05, 3.63) is 29.3 Å². The third-order valence-corrected chi connectivity index (χ3v) is 2.00. The number of carbonyl (C=O) groups excluding carboxylic acids is 1. The number of halogens is 2. The standard InChI is InChI=1S/C11H12F2O2/c1-6(2)10(14)8-4-7(12)5-9(13)11(8)15-3/h4-6H,1-3H3. The molecule has 0 radical (unpaired) electrons. The van der Waals surface area contributed by atoms with Crippen molar-refractivity contribution in [3.8, 4) is 5.75 Å². The number of ketones is 1. The van der Waals surface area contributed by atoms with Crippen molar-refractivity contribution < 1.29 is 18.3 Å². The van der Waals surface area contributed by atoms with Gasteiger partial charge in [-0.05, 0) is 6.07 Å². The number of Topliss-reactive ketones (excluding diaryl/α,β-unsaturated/α-hetero) is 1. The maximum atomic E-state index is 13.2. The molecule has 0 heterocycles. The van der Waals surface area contributed by atoms with Gasteiger partial charge in [0.25, 0.3) is 0 Å². The smallest absolute Gasteiger partial charge is 0.169 e. The zero-order valence-corrected chi connectivity index (χ0v) is 8.80. The molecule has 1 aromatic carbocycles. The maximum Gasteiger partial charge on any atom is 0.169 e. The Morgan fingerprint density at radius 2 is 1.93 bits per heavy atom. The summed E-state index contributed by atoms with van der Waals surface area (Å²) in [5.74, 6) is -2.51. The third-order valence-electron chi connectivity index (χ3n) is 2.00. The first-order valence-electron chi connectivity index (χ1n) is 4.54. The van der Waals surface area contributed by atoms with Crippen LogP contribution in [0, 0.1) is 17.6 Å². The minimum atomic E-state index is -0.860. The van der Waals surface area contributed by atoms with Gasteiger partial charge < -0.3 is 4.74 Å². The molecular formula is C11H12F2O2. The summed E-state index contributed by atoms with van der Waals surface area (Å²) >= 11 is 0. The minimum absolute atomic E-state index is 0.0509. The highest BCUT2D eigenvalue weighted by Crippen LogP contribution is 2.26. The Morgan fingerprint density at radius 1 is 1.33 bits per heavy atom. The zero-order valence-electron chi connectivity index (χ0n) is 8.80. The lowest BCUT2D eigenvalue weighted by atomic mass is 10.00. The zero-order chi connectivity index (χ0) is 11.6. The molecule has 0 aromatic heterocycles. The van der Waals surface area contributed by atoms with Crippen LogP contribution in [0.1, 0.15) is 24.2 Å². The molecule has 1 aromatic rings. The number of hydrogen-bond donors (Lipinski definition) is 0. The molecule has 4 heteroatoms. The van der Waals surface area contributed by atoms with Crippen molar-refractivity contribution >= 4 is 5.78 Å². The average Bonchev–Trinajstić information content (AvgIpc) is 2.15. The van der Waals surface area contributed by atoms with E-state index < -0.39 is 11.6 Å². The quantitative estimate of drug-likeness (QED) is 0.723. The van der Waals surface area contributed by atoms with E-state index in [0.717, 1.165) is 6.07 Å². The molecule has 1 rings (SSSR count). The van der Waals surface area contributed by atoms with Crippen LogP contribution in [0.3, 0.4) is 0 Å². The van der Waals surface area contributed by atoms with Gasteiger partial charge in [0.1, 0.15) is 5.82 Å². The minimum Gasteiger partial charge on any atom is -0.493 e. The Bertz CT molecular complexity index is 386. The van der Waals surface area contributed by atoms with Crippen LogP contribution in [0.4, 0.5) is 8.78 Å². The summed E-state index contributed by atoms with van der Waals surface area (Å²) in [7, 11) is 1.24. The first kappa shape index (κ1) is 11.6. The van der Waals surface area contributed by atoms with E-state index in [1.807, 2.05) is 0 Å². The van der Waals surface area contributed by atoms with E-state index in [9.17, 15) is 13.6 Å². The Labute approximate surface area is 86.9 Å². The van der Waals surface area contributed by atoms with Gasteiger partial charge in [0.05, 0.1) is 12.7 Å². The number of rotatable bonds is 3. The Balaban J connectivity index is 3.32. The van der Waals surface area contributed by atoms with Gasteiger partial charge in [-0.15, -0.1) is 0 Å². The van der Waals surface area contributed by atoms with Crippen LogP contribution in [0.2, 0.25) is 0 Å². The van der Waals surface area contributed by atoms with Gasteiger partial charge in [0.15, 0.2) is 17.3 Å². The predicted molar refractivity (Wildman–Crippen MR) is 52.1 cm³/mol. The molecule has 0 fully saturated rings. The summed E-state index contributed by atoms with van der Waals surface area (Å²) in [5, 5.41) is 0. The normalized spacial score (nSPS) is 10.5. The largest absolute Gasteiger partial charge is 0.493 e. The first-order valence-corrected chi connectivity index (χ1v) is 4.54. The van der Waals surface area contributed by atoms with E-state index in [4.69, 9.17) is 4.74 Å². The van der Waals surface area contributed by atoms with Gasteiger partial charge in [0.2, 0.25) is 0 Å². The highest BCUT2D eigenvalue weighted by atomic mass is 19.1. The monoisotopic (exact) mass is 214 g/mol. The number of methoxy groups -OCH3 is 1. The highest BCUT2D eigenvalue weighted by molar-refractivity contribution is 5.99. The molecule has 2 nitrogen and oxygen atoms in total. The number of ether oxygens (including phenoxy) is 1. The number of benzene rings is 1. The van der Waals surface area contributed by atoms with Crippen molar-refractivity contribution in [2.75, 3.05) is 7.11 Å².